The number of hydrogen-bond acceptors (Lipinski definition) is 6. The molecule has 0 saturated carbocycles. The standard InChI is InChI=1S/C23H25N5O4/c24-23-18-5-3-16(11-15(18)13-25-23)26-20(30)7-8-22(32)28(9-10-29)17-4-1-14-2-6-21(31)27-19(14)12-17/h1,3-5,11-12,29H,2,6-10,13H2,(H2,24,25)(H,26,30)(H,27,31). The van der Waals surface area contributed by atoms with Crippen molar-refractivity contribution in [2.75, 3.05) is 28.7 Å². The number of amidine groups is 1. The van der Waals surface area contributed by atoms with Gasteiger partial charge < -0.3 is 26.4 Å². The number of aliphatic hydroxyl groups is 1. The lowest BCUT2D eigenvalue weighted by Crippen LogP contribution is -2.34. The Balaban J connectivity index is 1.38. The Labute approximate surface area is 185 Å². The topological polar surface area (TPSA) is 137 Å². The molecule has 0 aromatic heterocycles. The van der Waals surface area contributed by atoms with Gasteiger partial charge in [-0.25, -0.2) is 0 Å². The highest BCUT2D eigenvalue weighted by Gasteiger charge is 2.21. The molecule has 2 aromatic carbocycles. The fraction of sp³-hybridized carbons (Fsp3) is 0.304. The van der Waals surface area contributed by atoms with Gasteiger partial charge >= 0.3 is 0 Å². The maximum Gasteiger partial charge on any atom is 0.227 e. The number of aryl methyl sites for hydroxylation is 1. The molecular weight excluding hydrogens is 410 g/mol. The van der Waals surface area contributed by atoms with Crippen LogP contribution in [-0.4, -0.2) is 41.8 Å². The zero-order valence-corrected chi connectivity index (χ0v) is 17.6. The van der Waals surface area contributed by atoms with Gasteiger partial charge in [-0.2, -0.15) is 0 Å². The van der Waals surface area contributed by atoms with E-state index in [2.05, 4.69) is 15.6 Å². The first kappa shape index (κ1) is 21.5. The number of aliphatic hydroxyl groups excluding tert-OH is 1. The molecule has 2 heterocycles. The van der Waals surface area contributed by atoms with E-state index in [1.54, 1.807) is 18.2 Å². The van der Waals surface area contributed by atoms with Crippen molar-refractivity contribution in [2.24, 2.45) is 10.7 Å². The first-order valence-electron chi connectivity index (χ1n) is 10.5. The largest absolute Gasteiger partial charge is 0.395 e. The van der Waals surface area contributed by atoms with Crippen LogP contribution in [0.3, 0.4) is 0 Å². The number of aliphatic imine (C=N–C) groups is 1. The van der Waals surface area contributed by atoms with Crippen molar-refractivity contribution in [3.8, 4) is 0 Å². The first-order chi connectivity index (χ1) is 15.4. The molecule has 32 heavy (non-hydrogen) atoms. The summed E-state index contributed by atoms with van der Waals surface area (Å²) in [4.78, 5) is 42.5. The fourth-order valence-corrected chi connectivity index (χ4v) is 3.91. The van der Waals surface area contributed by atoms with Crippen molar-refractivity contribution in [3.05, 3.63) is 53.1 Å². The third-order valence-electron chi connectivity index (χ3n) is 5.58. The molecule has 2 aromatic rings. The molecular formula is C23H25N5O4. The summed E-state index contributed by atoms with van der Waals surface area (Å²) in [6, 6.07) is 10.8. The second-order valence-electron chi connectivity index (χ2n) is 7.78. The fourth-order valence-electron chi connectivity index (χ4n) is 3.91. The van der Waals surface area contributed by atoms with Crippen molar-refractivity contribution in [1.82, 2.24) is 0 Å². The third kappa shape index (κ3) is 4.62. The predicted octanol–water partition coefficient (Wildman–Crippen LogP) is 1.53. The van der Waals surface area contributed by atoms with Gasteiger partial charge in [-0.15, -0.1) is 0 Å². The average Bonchev–Trinajstić information content (AvgIpc) is 3.15. The number of anilines is 3. The van der Waals surface area contributed by atoms with E-state index >= 15 is 0 Å². The van der Waals surface area contributed by atoms with Crippen LogP contribution in [0.4, 0.5) is 17.1 Å². The van der Waals surface area contributed by atoms with E-state index in [1.807, 2.05) is 18.2 Å². The van der Waals surface area contributed by atoms with Crippen molar-refractivity contribution in [1.29, 1.82) is 0 Å². The minimum Gasteiger partial charge on any atom is -0.395 e. The summed E-state index contributed by atoms with van der Waals surface area (Å²) in [5.74, 6) is -0.139. The van der Waals surface area contributed by atoms with Gasteiger partial charge in [-0.1, -0.05) is 6.07 Å². The second kappa shape index (κ2) is 9.19. The Morgan fingerprint density at radius 2 is 1.97 bits per heavy atom. The molecule has 0 bridgehead atoms. The van der Waals surface area contributed by atoms with Gasteiger partial charge in [0.25, 0.3) is 0 Å². The molecule has 0 spiro atoms. The molecule has 3 amide bonds. The molecule has 9 heteroatoms. The Bertz CT molecular complexity index is 1110. The van der Waals surface area contributed by atoms with E-state index in [4.69, 9.17) is 5.73 Å². The average molecular weight is 435 g/mol. The van der Waals surface area contributed by atoms with Crippen LogP contribution in [0.5, 0.6) is 0 Å². The Hall–Kier alpha value is -3.72. The molecule has 0 saturated heterocycles. The molecule has 2 aliphatic heterocycles. The quantitative estimate of drug-likeness (QED) is 0.523. The van der Waals surface area contributed by atoms with E-state index < -0.39 is 0 Å². The summed E-state index contributed by atoms with van der Waals surface area (Å²) in [6.45, 7) is 0.363. The molecule has 0 aliphatic carbocycles. The number of amides is 3. The van der Waals surface area contributed by atoms with Gasteiger partial charge in [-0.05, 0) is 47.9 Å². The van der Waals surface area contributed by atoms with Gasteiger partial charge in [0, 0.05) is 48.4 Å². The molecule has 2 aliphatic rings. The van der Waals surface area contributed by atoms with Crippen LogP contribution in [0.1, 0.15) is 36.0 Å². The van der Waals surface area contributed by atoms with Gasteiger partial charge in [0.15, 0.2) is 0 Å². The van der Waals surface area contributed by atoms with E-state index in [0.717, 1.165) is 16.7 Å². The summed E-state index contributed by atoms with van der Waals surface area (Å²) in [6.07, 6.45) is 1.07. The smallest absolute Gasteiger partial charge is 0.227 e. The van der Waals surface area contributed by atoms with Crippen LogP contribution in [-0.2, 0) is 27.3 Å². The molecule has 0 radical (unpaired) electrons. The van der Waals surface area contributed by atoms with Gasteiger partial charge in [0.2, 0.25) is 17.7 Å². The lowest BCUT2D eigenvalue weighted by molar-refractivity contribution is -0.122. The van der Waals surface area contributed by atoms with Crippen LogP contribution in [0.2, 0.25) is 0 Å². The van der Waals surface area contributed by atoms with Crippen molar-refractivity contribution in [2.45, 2.75) is 32.2 Å². The number of hydrogen-bond donors (Lipinski definition) is 4. The maximum atomic E-state index is 12.8. The normalized spacial score (nSPS) is 14.2. The molecule has 5 N–H and O–H groups in total. The van der Waals surface area contributed by atoms with Crippen molar-refractivity contribution in [3.63, 3.8) is 0 Å². The molecule has 0 unspecified atom stereocenters. The number of benzene rings is 2. The Kier molecular flexibility index (Phi) is 6.18. The zero-order chi connectivity index (χ0) is 22.7. The highest BCUT2D eigenvalue weighted by Crippen LogP contribution is 2.28. The molecule has 0 fully saturated rings. The number of rotatable bonds is 7. The second-order valence-corrected chi connectivity index (χ2v) is 7.78. The molecule has 4 rings (SSSR count). The van der Waals surface area contributed by atoms with Crippen LogP contribution >= 0.6 is 0 Å². The van der Waals surface area contributed by atoms with Crippen LogP contribution in [0, 0.1) is 0 Å². The van der Waals surface area contributed by atoms with E-state index in [0.29, 0.717) is 42.3 Å². The number of carbonyl (C=O) groups is 3. The molecule has 9 nitrogen and oxygen atoms in total. The predicted molar refractivity (Wildman–Crippen MR) is 122 cm³/mol. The summed E-state index contributed by atoms with van der Waals surface area (Å²) in [7, 11) is 0. The lowest BCUT2D eigenvalue weighted by atomic mass is 10.0. The van der Waals surface area contributed by atoms with Gasteiger partial charge in [-0.3, -0.25) is 19.4 Å². The van der Waals surface area contributed by atoms with Crippen LogP contribution in [0.25, 0.3) is 0 Å². The van der Waals surface area contributed by atoms with E-state index in [9.17, 15) is 19.5 Å². The summed E-state index contributed by atoms with van der Waals surface area (Å²) >= 11 is 0. The van der Waals surface area contributed by atoms with Crippen molar-refractivity contribution >= 4 is 40.6 Å². The van der Waals surface area contributed by atoms with Crippen LogP contribution in [0.15, 0.2) is 41.4 Å². The highest BCUT2D eigenvalue weighted by molar-refractivity contribution is 6.02. The third-order valence-corrected chi connectivity index (χ3v) is 5.58. The van der Waals surface area contributed by atoms with E-state index in [1.165, 1.54) is 4.90 Å². The summed E-state index contributed by atoms with van der Waals surface area (Å²) in [5, 5.41) is 15.0. The summed E-state index contributed by atoms with van der Waals surface area (Å²) < 4.78 is 0. The number of nitrogens with one attached hydrogen (secondary N) is 2. The molecule has 166 valence electrons. The van der Waals surface area contributed by atoms with Crippen LogP contribution < -0.4 is 21.3 Å². The Morgan fingerprint density at radius 1 is 1.12 bits per heavy atom. The number of carbonyl (C=O) groups excluding carboxylic acids is 3. The summed E-state index contributed by atoms with van der Waals surface area (Å²) in [5.41, 5.74) is 10.5. The lowest BCUT2D eigenvalue weighted by Gasteiger charge is -2.25. The Morgan fingerprint density at radius 3 is 2.78 bits per heavy atom. The maximum absolute atomic E-state index is 12.8. The number of nitrogens with zero attached hydrogens (tertiary/aromatic N) is 2. The number of nitrogens with two attached hydrogens (primary N) is 1. The van der Waals surface area contributed by atoms with E-state index in [-0.39, 0.29) is 43.7 Å². The van der Waals surface area contributed by atoms with Gasteiger partial charge in [0.1, 0.15) is 5.84 Å². The zero-order valence-electron chi connectivity index (χ0n) is 17.6. The SMILES string of the molecule is NC1=NCc2cc(NC(=O)CCC(=O)N(CCO)c3ccc4c(c3)NC(=O)CC4)ccc21. The molecule has 0 atom stereocenters. The highest BCUT2D eigenvalue weighted by atomic mass is 16.3. The minimum atomic E-state index is -0.286. The first-order valence-corrected chi connectivity index (χ1v) is 10.5. The van der Waals surface area contributed by atoms with Crippen molar-refractivity contribution < 1.29 is 19.5 Å². The number of fused-ring (bicyclic) bond motifs is 2. The minimum absolute atomic E-state index is 0.00182. The van der Waals surface area contributed by atoms with Gasteiger partial charge in [0.05, 0.1) is 13.2 Å². The monoisotopic (exact) mass is 435 g/mol.